The van der Waals surface area contributed by atoms with E-state index >= 15 is 0 Å². The van der Waals surface area contributed by atoms with E-state index in [2.05, 4.69) is 3.63 Å². The van der Waals surface area contributed by atoms with E-state index in [9.17, 15) is 8.42 Å². The highest BCUT2D eigenvalue weighted by Gasteiger charge is 2.15. The fourth-order valence-electron chi connectivity index (χ4n) is 1.65. The van der Waals surface area contributed by atoms with Crippen molar-refractivity contribution in [2.75, 3.05) is 6.26 Å². The summed E-state index contributed by atoms with van der Waals surface area (Å²) in [5.74, 6) is 0.265. The number of aryl methyl sites for hydroxylation is 1. The van der Waals surface area contributed by atoms with Crippen molar-refractivity contribution >= 4 is 33.2 Å². The number of hydrogen-bond acceptors (Lipinski definition) is 5. The molecule has 4 nitrogen and oxygen atoms in total. The van der Waals surface area contributed by atoms with Gasteiger partial charge in [-0.2, -0.15) is 12.0 Å². The van der Waals surface area contributed by atoms with Crippen molar-refractivity contribution in [2.24, 2.45) is 0 Å². The lowest BCUT2D eigenvalue weighted by molar-refractivity contribution is 0.416. The van der Waals surface area contributed by atoms with E-state index in [-0.39, 0.29) is 5.75 Å². The molecular formula is C12H12O4S2. The number of fused-ring (bicyclic) bond motifs is 1. The molecule has 0 aliphatic carbocycles. The molecule has 0 radical (unpaired) electrons. The molecule has 18 heavy (non-hydrogen) atoms. The zero-order valence-electron chi connectivity index (χ0n) is 9.91. The van der Waals surface area contributed by atoms with Gasteiger partial charge in [0.05, 0.1) is 0 Å². The van der Waals surface area contributed by atoms with Gasteiger partial charge in [0.15, 0.2) is 5.75 Å². The SMILES string of the molecule is CSOS(=O)(=O)Oc1cccc2cc(C)ccc12. The molecule has 0 atom stereocenters. The van der Waals surface area contributed by atoms with Crippen LogP contribution in [0.15, 0.2) is 36.4 Å². The maximum absolute atomic E-state index is 11.4. The van der Waals surface area contributed by atoms with Crippen molar-refractivity contribution in [2.45, 2.75) is 6.92 Å². The van der Waals surface area contributed by atoms with Crippen LogP contribution in [-0.4, -0.2) is 14.7 Å². The first-order chi connectivity index (χ1) is 8.52. The lowest BCUT2D eigenvalue weighted by Gasteiger charge is -2.08. The third-order valence-electron chi connectivity index (χ3n) is 2.34. The first-order valence-electron chi connectivity index (χ1n) is 5.18. The van der Waals surface area contributed by atoms with Crippen molar-refractivity contribution in [3.63, 3.8) is 0 Å². The molecule has 0 saturated heterocycles. The first kappa shape index (κ1) is 13.2. The second-order valence-electron chi connectivity index (χ2n) is 3.71. The molecule has 0 amide bonds. The molecule has 96 valence electrons. The molecule has 0 aromatic heterocycles. The van der Waals surface area contributed by atoms with E-state index < -0.39 is 10.4 Å². The Kier molecular flexibility index (Phi) is 3.79. The van der Waals surface area contributed by atoms with Gasteiger partial charge in [0.2, 0.25) is 0 Å². The summed E-state index contributed by atoms with van der Waals surface area (Å²) in [5.41, 5.74) is 1.10. The molecule has 2 aromatic rings. The van der Waals surface area contributed by atoms with Gasteiger partial charge in [-0.05, 0) is 18.4 Å². The van der Waals surface area contributed by atoms with E-state index in [1.165, 1.54) is 6.26 Å². The average molecular weight is 284 g/mol. The fourth-order valence-corrected chi connectivity index (χ4v) is 2.80. The minimum atomic E-state index is -4.02. The Balaban J connectivity index is 2.46. The minimum Gasteiger partial charge on any atom is -0.360 e. The van der Waals surface area contributed by atoms with Gasteiger partial charge in [0, 0.05) is 23.7 Å². The van der Waals surface area contributed by atoms with Crippen molar-refractivity contribution in [3.05, 3.63) is 42.0 Å². The van der Waals surface area contributed by atoms with Gasteiger partial charge in [-0.3, -0.25) is 0 Å². The minimum absolute atomic E-state index is 0.265. The van der Waals surface area contributed by atoms with Gasteiger partial charge >= 0.3 is 10.4 Å². The van der Waals surface area contributed by atoms with Crippen LogP contribution < -0.4 is 4.18 Å². The standard InChI is InChI=1S/C12H12O4S2/c1-9-6-7-11-10(8-9)4-3-5-12(11)15-18(13,14)16-17-2/h3-8H,1-2H3. The highest BCUT2D eigenvalue weighted by atomic mass is 32.3. The second kappa shape index (κ2) is 5.17. The predicted octanol–water partition coefficient (Wildman–Crippen LogP) is 3.07. The summed E-state index contributed by atoms with van der Waals surface area (Å²) in [4.78, 5) is 0. The normalized spacial score (nSPS) is 11.7. The van der Waals surface area contributed by atoms with Gasteiger partial charge in [0.25, 0.3) is 0 Å². The highest BCUT2D eigenvalue weighted by Crippen LogP contribution is 2.28. The van der Waals surface area contributed by atoms with Crippen LogP contribution in [0.1, 0.15) is 5.56 Å². The van der Waals surface area contributed by atoms with Gasteiger partial charge in [-0.1, -0.05) is 35.9 Å². The molecule has 0 heterocycles. The molecule has 0 spiro atoms. The zero-order chi connectivity index (χ0) is 13.2. The Morgan fingerprint density at radius 2 is 1.94 bits per heavy atom. The molecule has 0 bridgehead atoms. The van der Waals surface area contributed by atoms with Crippen molar-refractivity contribution < 1.29 is 16.2 Å². The average Bonchev–Trinajstić information content (AvgIpc) is 2.28. The smallest absolute Gasteiger partial charge is 0.360 e. The maximum Gasteiger partial charge on any atom is 0.460 e. The van der Waals surface area contributed by atoms with Crippen LogP contribution >= 0.6 is 12.0 Å². The Bertz CT molecular complexity index is 665. The Morgan fingerprint density at radius 1 is 1.17 bits per heavy atom. The third-order valence-corrected chi connectivity index (χ3v) is 3.93. The Morgan fingerprint density at radius 3 is 2.67 bits per heavy atom. The summed E-state index contributed by atoms with van der Waals surface area (Å²) in [5, 5.41) is 1.66. The van der Waals surface area contributed by atoms with E-state index in [1.54, 1.807) is 12.1 Å². The summed E-state index contributed by atoms with van der Waals surface area (Å²) in [7, 11) is -4.02. The van der Waals surface area contributed by atoms with Crippen LogP contribution in [0.3, 0.4) is 0 Å². The number of rotatable bonds is 4. The van der Waals surface area contributed by atoms with Crippen LogP contribution in [-0.2, 0) is 14.0 Å². The highest BCUT2D eigenvalue weighted by molar-refractivity contribution is 8.02. The third kappa shape index (κ3) is 2.95. The lowest BCUT2D eigenvalue weighted by atomic mass is 10.1. The lowest BCUT2D eigenvalue weighted by Crippen LogP contribution is -2.09. The quantitative estimate of drug-likeness (QED) is 0.808. The first-order valence-corrected chi connectivity index (χ1v) is 7.66. The van der Waals surface area contributed by atoms with Gasteiger partial charge in [-0.15, -0.1) is 0 Å². The van der Waals surface area contributed by atoms with Gasteiger partial charge in [0.1, 0.15) is 0 Å². The summed E-state index contributed by atoms with van der Waals surface area (Å²) in [6.45, 7) is 1.97. The van der Waals surface area contributed by atoms with E-state index in [1.807, 2.05) is 31.2 Å². The molecule has 2 aromatic carbocycles. The van der Waals surface area contributed by atoms with E-state index in [4.69, 9.17) is 4.18 Å². The van der Waals surface area contributed by atoms with Crippen molar-refractivity contribution in [1.29, 1.82) is 0 Å². The molecule has 0 N–H and O–H groups in total. The van der Waals surface area contributed by atoms with Crippen LogP contribution in [0.25, 0.3) is 10.8 Å². The van der Waals surface area contributed by atoms with E-state index in [0.29, 0.717) is 0 Å². The van der Waals surface area contributed by atoms with Crippen LogP contribution in [0.5, 0.6) is 5.75 Å². The monoisotopic (exact) mass is 284 g/mol. The number of hydrogen-bond donors (Lipinski definition) is 0. The van der Waals surface area contributed by atoms with Crippen molar-refractivity contribution in [3.8, 4) is 5.75 Å². The molecular weight excluding hydrogens is 272 g/mol. The van der Waals surface area contributed by atoms with Crippen molar-refractivity contribution in [1.82, 2.24) is 0 Å². The predicted molar refractivity (Wildman–Crippen MR) is 72.8 cm³/mol. The summed E-state index contributed by atoms with van der Waals surface area (Å²) >= 11 is 0.723. The fraction of sp³-hybridized carbons (Fsp3) is 0.167. The maximum atomic E-state index is 11.4. The second-order valence-corrected chi connectivity index (χ2v) is 5.57. The topological polar surface area (TPSA) is 52.6 Å². The van der Waals surface area contributed by atoms with Gasteiger partial charge in [-0.25, -0.2) is 0 Å². The molecule has 2 rings (SSSR count). The Hall–Kier alpha value is -1.24. The summed E-state index contributed by atoms with van der Waals surface area (Å²) < 4.78 is 32.3. The summed E-state index contributed by atoms with van der Waals surface area (Å²) in [6.07, 6.45) is 1.51. The molecule has 6 heteroatoms. The molecule has 0 saturated carbocycles. The van der Waals surface area contributed by atoms with Crippen LogP contribution in [0, 0.1) is 6.92 Å². The molecule has 0 aliphatic heterocycles. The zero-order valence-corrected chi connectivity index (χ0v) is 11.5. The van der Waals surface area contributed by atoms with Crippen LogP contribution in [0.2, 0.25) is 0 Å². The number of benzene rings is 2. The van der Waals surface area contributed by atoms with Gasteiger partial charge < -0.3 is 4.18 Å². The molecule has 0 aliphatic rings. The van der Waals surface area contributed by atoms with E-state index in [0.717, 1.165) is 28.4 Å². The largest absolute Gasteiger partial charge is 0.460 e. The molecule has 0 fully saturated rings. The van der Waals surface area contributed by atoms with Crippen LogP contribution in [0.4, 0.5) is 0 Å². The molecule has 0 unspecified atom stereocenters. The Labute approximate surface area is 110 Å². The summed E-state index contributed by atoms with van der Waals surface area (Å²) in [6, 6.07) is 10.9.